The summed E-state index contributed by atoms with van der Waals surface area (Å²) in [5.74, 6) is 2.45. The van der Waals surface area contributed by atoms with Crippen molar-refractivity contribution in [2.75, 3.05) is 45.8 Å². The van der Waals surface area contributed by atoms with Crippen molar-refractivity contribution in [3.63, 3.8) is 0 Å². The molecule has 2 aliphatic rings. The van der Waals surface area contributed by atoms with Crippen LogP contribution in [0.5, 0.6) is 0 Å². The lowest BCUT2D eigenvalue weighted by atomic mass is 10.2. The molecule has 3 rings (SSSR count). The van der Waals surface area contributed by atoms with E-state index in [1.807, 2.05) is 26.0 Å². The summed E-state index contributed by atoms with van der Waals surface area (Å²) in [6.07, 6.45) is -1.13. The molecular formula is C20H32F3N5O. The van der Waals surface area contributed by atoms with Crippen LogP contribution in [-0.2, 0) is 0 Å². The van der Waals surface area contributed by atoms with E-state index in [1.54, 1.807) is 0 Å². The molecule has 0 bridgehead atoms. The molecule has 164 valence electrons. The van der Waals surface area contributed by atoms with Crippen molar-refractivity contribution in [2.24, 2.45) is 4.99 Å². The largest absolute Gasteiger partial charge is 0.465 e. The zero-order chi connectivity index (χ0) is 20.9. The normalized spacial score (nSPS) is 22.9. The zero-order valence-electron chi connectivity index (χ0n) is 17.3. The first-order valence-electron chi connectivity index (χ1n) is 10.5. The Labute approximate surface area is 170 Å². The minimum absolute atomic E-state index is 0.0359. The molecule has 2 saturated heterocycles. The number of nitrogens with one attached hydrogen (secondary N) is 2. The Balaban J connectivity index is 1.62. The Kier molecular flexibility index (Phi) is 7.45. The van der Waals surface area contributed by atoms with E-state index in [9.17, 15) is 13.2 Å². The molecule has 2 fully saturated rings. The molecule has 1 aromatic rings. The van der Waals surface area contributed by atoms with Gasteiger partial charge < -0.3 is 15.1 Å². The van der Waals surface area contributed by atoms with Crippen molar-refractivity contribution in [3.8, 4) is 0 Å². The average molecular weight is 416 g/mol. The highest BCUT2D eigenvalue weighted by atomic mass is 19.4. The standard InChI is InChI=1S/C20H32F3N5O/c1-3-24-19(26-16-8-11-27(13-16)14-20(21,22)23)25-12-17(28-9-4-5-10-28)18-7-6-15(2)29-18/h6-7,16-17H,3-5,8-14H2,1-2H3,(H2,24,25,26). The number of halogens is 3. The van der Waals surface area contributed by atoms with E-state index >= 15 is 0 Å². The molecule has 2 atom stereocenters. The van der Waals surface area contributed by atoms with E-state index in [0.717, 1.165) is 24.6 Å². The maximum absolute atomic E-state index is 12.6. The molecule has 9 heteroatoms. The predicted octanol–water partition coefficient (Wildman–Crippen LogP) is 2.92. The number of rotatable bonds is 7. The number of hydrogen-bond acceptors (Lipinski definition) is 4. The average Bonchev–Trinajstić information content (AvgIpc) is 3.38. The lowest BCUT2D eigenvalue weighted by Gasteiger charge is -2.25. The maximum Gasteiger partial charge on any atom is 0.401 e. The van der Waals surface area contributed by atoms with Gasteiger partial charge in [0.25, 0.3) is 0 Å². The quantitative estimate of drug-likeness (QED) is 0.530. The van der Waals surface area contributed by atoms with E-state index < -0.39 is 12.7 Å². The van der Waals surface area contributed by atoms with Crippen LogP contribution in [0, 0.1) is 6.92 Å². The van der Waals surface area contributed by atoms with Crippen molar-refractivity contribution in [3.05, 3.63) is 23.7 Å². The van der Waals surface area contributed by atoms with E-state index in [1.165, 1.54) is 17.7 Å². The van der Waals surface area contributed by atoms with Gasteiger partial charge in [0.2, 0.25) is 0 Å². The summed E-state index contributed by atoms with van der Waals surface area (Å²) in [5, 5.41) is 6.54. The van der Waals surface area contributed by atoms with Gasteiger partial charge in [-0.3, -0.25) is 14.8 Å². The Bertz CT molecular complexity index is 669. The third kappa shape index (κ3) is 6.64. The third-order valence-electron chi connectivity index (χ3n) is 5.45. The van der Waals surface area contributed by atoms with Gasteiger partial charge in [-0.1, -0.05) is 0 Å². The molecule has 0 aliphatic carbocycles. The van der Waals surface area contributed by atoms with Crippen molar-refractivity contribution in [2.45, 2.75) is 51.4 Å². The predicted molar refractivity (Wildman–Crippen MR) is 107 cm³/mol. The fraction of sp³-hybridized carbons (Fsp3) is 0.750. The van der Waals surface area contributed by atoms with E-state index in [0.29, 0.717) is 38.6 Å². The highest BCUT2D eigenvalue weighted by Gasteiger charge is 2.34. The Morgan fingerprint density at radius 2 is 2.03 bits per heavy atom. The molecule has 0 radical (unpaired) electrons. The van der Waals surface area contributed by atoms with Crippen molar-refractivity contribution < 1.29 is 17.6 Å². The number of guanidine groups is 1. The van der Waals surface area contributed by atoms with Crippen LogP contribution in [0.4, 0.5) is 13.2 Å². The molecular weight excluding hydrogens is 383 g/mol. The highest BCUT2D eigenvalue weighted by Crippen LogP contribution is 2.27. The van der Waals surface area contributed by atoms with Crippen LogP contribution < -0.4 is 10.6 Å². The van der Waals surface area contributed by atoms with Gasteiger partial charge in [0.15, 0.2) is 5.96 Å². The number of furan rings is 1. The summed E-state index contributed by atoms with van der Waals surface area (Å²) in [4.78, 5) is 8.60. The van der Waals surface area contributed by atoms with E-state index in [2.05, 4.69) is 15.5 Å². The first kappa shape index (κ1) is 22.0. The SMILES string of the molecule is CCNC(=NCC(c1ccc(C)o1)N1CCCC1)NC1CCN(CC(F)(F)F)C1. The van der Waals surface area contributed by atoms with Gasteiger partial charge in [0.05, 0.1) is 19.1 Å². The van der Waals surface area contributed by atoms with Crippen LogP contribution in [0.1, 0.15) is 43.7 Å². The number of aliphatic imine (C=N–C) groups is 1. The van der Waals surface area contributed by atoms with Gasteiger partial charge in [0.1, 0.15) is 11.5 Å². The highest BCUT2D eigenvalue weighted by molar-refractivity contribution is 5.80. The molecule has 0 saturated carbocycles. The van der Waals surface area contributed by atoms with Gasteiger partial charge in [-0.05, 0) is 58.3 Å². The molecule has 0 amide bonds. The number of nitrogens with zero attached hydrogens (tertiary/aromatic N) is 3. The van der Waals surface area contributed by atoms with Crippen molar-refractivity contribution in [1.29, 1.82) is 0 Å². The molecule has 2 aliphatic heterocycles. The number of hydrogen-bond donors (Lipinski definition) is 2. The van der Waals surface area contributed by atoms with Gasteiger partial charge in [-0.25, -0.2) is 0 Å². The van der Waals surface area contributed by atoms with E-state index in [-0.39, 0.29) is 12.1 Å². The number of likely N-dealkylation sites (tertiary alicyclic amines) is 2. The third-order valence-corrected chi connectivity index (χ3v) is 5.45. The van der Waals surface area contributed by atoms with Gasteiger partial charge in [-0.15, -0.1) is 0 Å². The summed E-state index contributed by atoms with van der Waals surface area (Å²) < 4.78 is 43.8. The number of alkyl halides is 3. The number of aryl methyl sites for hydroxylation is 1. The molecule has 0 spiro atoms. The van der Waals surface area contributed by atoms with Gasteiger partial charge in [-0.2, -0.15) is 13.2 Å². The van der Waals surface area contributed by atoms with Gasteiger partial charge in [0, 0.05) is 25.7 Å². The van der Waals surface area contributed by atoms with Crippen LogP contribution in [0.2, 0.25) is 0 Å². The second-order valence-corrected chi connectivity index (χ2v) is 7.91. The Morgan fingerprint density at radius 3 is 2.66 bits per heavy atom. The first-order valence-corrected chi connectivity index (χ1v) is 10.5. The molecule has 2 N–H and O–H groups in total. The monoisotopic (exact) mass is 415 g/mol. The molecule has 3 heterocycles. The lowest BCUT2D eigenvalue weighted by molar-refractivity contribution is -0.143. The smallest absolute Gasteiger partial charge is 0.401 e. The summed E-state index contributed by atoms with van der Waals surface area (Å²) in [6.45, 7) is 7.17. The zero-order valence-corrected chi connectivity index (χ0v) is 17.3. The second-order valence-electron chi connectivity index (χ2n) is 7.91. The summed E-state index contributed by atoms with van der Waals surface area (Å²) in [6, 6.07) is 4.03. The summed E-state index contributed by atoms with van der Waals surface area (Å²) >= 11 is 0. The summed E-state index contributed by atoms with van der Waals surface area (Å²) in [7, 11) is 0. The van der Waals surface area contributed by atoms with Crippen LogP contribution in [-0.4, -0.2) is 73.8 Å². The van der Waals surface area contributed by atoms with Crippen LogP contribution in [0.25, 0.3) is 0 Å². The lowest BCUT2D eigenvalue weighted by Crippen LogP contribution is -2.45. The van der Waals surface area contributed by atoms with Gasteiger partial charge >= 0.3 is 6.18 Å². The molecule has 0 aromatic carbocycles. The minimum atomic E-state index is -4.16. The second kappa shape index (κ2) is 9.84. The molecule has 6 nitrogen and oxygen atoms in total. The fourth-order valence-electron chi connectivity index (χ4n) is 4.11. The first-order chi connectivity index (χ1) is 13.8. The molecule has 1 aromatic heterocycles. The fourth-order valence-corrected chi connectivity index (χ4v) is 4.11. The Hall–Kier alpha value is -1.74. The Morgan fingerprint density at radius 1 is 1.28 bits per heavy atom. The van der Waals surface area contributed by atoms with Crippen molar-refractivity contribution >= 4 is 5.96 Å². The van der Waals surface area contributed by atoms with Crippen LogP contribution >= 0.6 is 0 Å². The summed E-state index contributed by atoms with van der Waals surface area (Å²) in [5.41, 5.74) is 0. The topological polar surface area (TPSA) is 56.0 Å². The molecule has 2 unspecified atom stereocenters. The minimum Gasteiger partial charge on any atom is -0.465 e. The van der Waals surface area contributed by atoms with Crippen LogP contribution in [0.15, 0.2) is 21.5 Å². The molecule has 29 heavy (non-hydrogen) atoms. The van der Waals surface area contributed by atoms with E-state index in [4.69, 9.17) is 9.41 Å². The van der Waals surface area contributed by atoms with Crippen molar-refractivity contribution in [1.82, 2.24) is 20.4 Å². The van der Waals surface area contributed by atoms with Crippen LogP contribution in [0.3, 0.4) is 0 Å². The maximum atomic E-state index is 12.6.